The molecule has 0 bridgehead atoms. The minimum Gasteiger partial charge on any atom is -0.389 e. The van der Waals surface area contributed by atoms with E-state index in [9.17, 15) is 27.8 Å². The highest BCUT2D eigenvalue weighted by Gasteiger charge is 2.32. The lowest BCUT2D eigenvalue weighted by Gasteiger charge is -2.30. The zero-order valence-corrected chi connectivity index (χ0v) is 35.9. The van der Waals surface area contributed by atoms with Crippen molar-refractivity contribution in [2.75, 3.05) is 85.3 Å². The van der Waals surface area contributed by atoms with E-state index in [1.807, 2.05) is 34.1 Å². The molecule has 4 unspecified atom stereocenters. The molecule has 336 valence electrons. The van der Waals surface area contributed by atoms with Gasteiger partial charge in [-0.05, 0) is 99.2 Å². The number of hydrogen-bond donors (Lipinski definition) is 2. The van der Waals surface area contributed by atoms with E-state index in [4.69, 9.17) is 19.4 Å². The van der Waals surface area contributed by atoms with Crippen LogP contribution in [0.2, 0.25) is 0 Å². The monoisotopic (exact) mass is 880 g/mol. The van der Waals surface area contributed by atoms with Crippen molar-refractivity contribution in [1.29, 1.82) is 0 Å². The number of aliphatic hydroxyl groups is 2. The highest BCUT2D eigenvalue weighted by Crippen LogP contribution is 2.42. The van der Waals surface area contributed by atoms with Gasteiger partial charge in [-0.15, -0.1) is 0 Å². The van der Waals surface area contributed by atoms with Gasteiger partial charge in [-0.25, -0.2) is 27.5 Å². The molecule has 2 N–H and O–H groups in total. The molecule has 4 saturated heterocycles. The first-order chi connectivity index (χ1) is 31.0. The van der Waals surface area contributed by atoms with Gasteiger partial charge in [-0.2, -0.15) is 0 Å². The first-order valence-corrected chi connectivity index (χ1v) is 22.1. The van der Waals surface area contributed by atoms with Crippen LogP contribution in [0.3, 0.4) is 0 Å². The fraction of sp³-hybridized carbons (Fsp3) is 0.417. The van der Waals surface area contributed by atoms with E-state index in [-0.39, 0.29) is 12.1 Å². The first kappa shape index (κ1) is 43.6. The Morgan fingerprint density at radius 2 is 0.906 bits per heavy atom. The molecular formula is C48H52F4N8O4. The average Bonchev–Trinajstić information content (AvgIpc) is 3.99. The molecule has 0 amide bonds. The summed E-state index contributed by atoms with van der Waals surface area (Å²) < 4.78 is 66.7. The average molecular weight is 881 g/mol. The quantitative estimate of drug-likeness (QED) is 0.143. The molecule has 12 nitrogen and oxygen atoms in total. The topological polar surface area (TPSA) is 123 Å². The van der Waals surface area contributed by atoms with Crippen molar-refractivity contribution in [2.24, 2.45) is 0 Å². The zero-order valence-electron chi connectivity index (χ0n) is 35.9. The second-order valence-corrected chi connectivity index (χ2v) is 16.9. The smallest absolute Gasteiger partial charge is 0.148 e. The molecule has 4 aliphatic rings. The van der Waals surface area contributed by atoms with Gasteiger partial charge in [0.1, 0.15) is 34.9 Å². The number of aromatic nitrogens is 4. The predicted octanol–water partition coefficient (Wildman–Crippen LogP) is 8.28. The summed E-state index contributed by atoms with van der Waals surface area (Å²) in [5.74, 6) is -0.808. The highest BCUT2D eigenvalue weighted by atomic mass is 19.1. The van der Waals surface area contributed by atoms with Gasteiger partial charge in [0.15, 0.2) is 0 Å². The number of anilines is 4. The standard InChI is InChI=1S/2C24H26F2N4O2/c2*1-15(31)16-9-20(22-3-2-4-30(22)19-12-17(25)11-18(26)13-19)24-21(10-16)27-14-23(28-24)29-5-7-32-8-6-29/h2*9-15,22,31H,2-8H2,1H3. The van der Waals surface area contributed by atoms with Crippen LogP contribution in [0.5, 0.6) is 0 Å². The maximum absolute atomic E-state index is 14.0. The number of nitrogens with zero attached hydrogens (tertiary/aromatic N) is 8. The van der Waals surface area contributed by atoms with Gasteiger partial charge < -0.3 is 39.3 Å². The predicted molar refractivity (Wildman–Crippen MR) is 238 cm³/mol. The van der Waals surface area contributed by atoms with Gasteiger partial charge in [0.2, 0.25) is 0 Å². The summed E-state index contributed by atoms with van der Waals surface area (Å²) in [6.07, 6.45) is 5.61. The molecule has 0 spiro atoms. The number of aliphatic hydroxyl groups excluding tert-OH is 2. The van der Waals surface area contributed by atoms with E-state index in [1.54, 1.807) is 26.2 Å². The molecule has 0 saturated carbocycles. The number of morpholine rings is 2. The van der Waals surface area contributed by atoms with E-state index < -0.39 is 35.5 Å². The summed E-state index contributed by atoms with van der Waals surface area (Å²) in [7, 11) is 0. The van der Waals surface area contributed by atoms with Crippen LogP contribution in [0.4, 0.5) is 40.6 Å². The van der Waals surface area contributed by atoms with Crippen molar-refractivity contribution in [2.45, 2.75) is 63.8 Å². The maximum Gasteiger partial charge on any atom is 0.148 e. The Bertz CT molecular complexity index is 2410. The molecule has 4 aliphatic heterocycles. The SMILES string of the molecule is CC(O)c1cc(C2CCCN2c2cc(F)cc(F)c2)c2nc(N3CCOCC3)cnc2c1.CC(O)c1cc(C2CCCN2c2cc(F)cc(F)c2)c2nc(N3CCOCC3)cnc2c1. The number of benzene rings is 4. The Hall–Kier alpha value is -5.68. The molecule has 6 heterocycles. The third-order valence-corrected chi connectivity index (χ3v) is 12.6. The van der Waals surface area contributed by atoms with Gasteiger partial charge in [0.05, 0.1) is 85.2 Å². The molecule has 0 aliphatic carbocycles. The van der Waals surface area contributed by atoms with Crippen LogP contribution in [0.25, 0.3) is 22.1 Å². The Morgan fingerprint density at radius 1 is 0.531 bits per heavy atom. The lowest BCUT2D eigenvalue weighted by atomic mass is 9.97. The van der Waals surface area contributed by atoms with E-state index in [1.165, 1.54) is 24.3 Å². The summed E-state index contributed by atoms with van der Waals surface area (Å²) in [6, 6.07) is 14.7. The summed E-state index contributed by atoms with van der Waals surface area (Å²) in [6.45, 7) is 10.4. The van der Waals surface area contributed by atoms with Crippen LogP contribution < -0.4 is 19.6 Å². The van der Waals surface area contributed by atoms with E-state index in [2.05, 4.69) is 19.8 Å². The molecule has 4 fully saturated rings. The third-order valence-electron chi connectivity index (χ3n) is 12.6. The van der Waals surface area contributed by atoms with Crippen molar-refractivity contribution in [3.8, 4) is 0 Å². The Labute approximate surface area is 369 Å². The number of hydrogen-bond acceptors (Lipinski definition) is 12. The number of halogens is 4. The highest BCUT2D eigenvalue weighted by molar-refractivity contribution is 5.83. The zero-order chi connectivity index (χ0) is 44.5. The third kappa shape index (κ3) is 9.27. The van der Waals surface area contributed by atoms with Gasteiger partial charge in [0, 0.05) is 73.9 Å². The second kappa shape index (κ2) is 18.8. The number of fused-ring (bicyclic) bond motifs is 2. The van der Waals surface area contributed by atoms with E-state index in [0.29, 0.717) is 61.9 Å². The fourth-order valence-electron chi connectivity index (χ4n) is 9.40. The lowest BCUT2D eigenvalue weighted by molar-refractivity contribution is 0.122. The van der Waals surface area contributed by atoms with Crippen molar-refractivity contribution < 1.29 is 37.2 Å². The van der Waals surface area contributed by atoms with Gasteiger partial charge in [-0.1, -0.05) is 0 Å². The molecule has 64 heavy (non-hydrogen) atoms. The van der Waals surface area contributed by atoms with Crippen LogP contribution in [0, 0.1) is 23.3 Å². The second-order valence-electron chi connectivity index (χ2n) is 16.9. The van der Waals surface area contributed by atoms with Crippen molar-refractivity contribution in [3.63, 3.8) is 0 Å². The fourth-order valence-corrected chi connectivity index (χ4v) is 9.40. The van der Waals surface area contributed by atoms with E-state index >= 15 is 0 Å². The van der Waals surface area contributed by atoms with Crippen LogP contribution in [-0.4, -0.2) is 95.8 Å². The molecule has 16 heteroatoms. The lowest BCUT2D eigenvalue weighted by Crippen LogP contribution is -2.36. The summed E-state index contributed by atoms with van der Waals surface area (Å²) in [4.78, 5) is 27.6. The molecular weight excluding hydrogens is 829 g/mol. The Balaban J connectivity index is 0.000000162. The van der Waals surface area contributed by atoms with Gasteiger partial charge in [0.25, 0.3) is 0 Å². The molecule has 2 aromatic heterocycles. The van der Waals surface area contributed by atoms with Crippen molar-refractivity contribution in [1.82, 2.24) is 19.9 Å². The van der Waals surface area contributed by atoms with Crippen LogP contribution in [0.1, 0.15) is 86.1 Å². The number of ether oxygens (including phenoxy) is 2. The van der Waals surface area contributed by atoms with Crippen molar-refractivity contribution >= 4 is 45.1 Å². The van der Waals surface area contributed by atoms with Gasteiger partial charge >= 0.3 is 0 Å². The summed E-state index contributed by atoms with van der Waals surface area (Å²) in [5, 5.41) is 20.6. The molecule has 0 radical (unpaired) electrons. The Morgan fingerprint density at radius 3 is 1.27 bits per heavy atom. The maximum atomic E-state index is 14.0. The normalized spacial score (nSPS) is 20.2. The number of rotatable bonds is 8. The largest absolute Gasteiger partial charge is 0.389 e. The summed E-state index contributed by atoms with van der Waals surface area (Å²) >= 11 is 0. The summed E-state index contributed by atoms with van der Waals surface area (Å²) in [5.41, 5.74) is 7.28. The minimum atomic E-state index is -0.666. The van der Waals surface area contributed by atoms with Crippen LogP contribution >= 0.6 is 0 Å². The first-order valence-electron chi connectivity index (χ1n) is 22.1. The molecule has 4 aromatic carbocycles. The van der Waals surface area contributed by atoms with Crippen LogP contribution in [-0.2, 0) is 9.47 Å². The Kier molecular flexibility index (Phi) is 12.8. The minimum absolute atomic E-state index is 0.119. The molecule has 4 atom stereocenters. The van der Waals surface area contributed by atoms with Gasteiger partial charge in [-0.3, -0.25) is 9.97 Å². The van der Waals surface area contributed by atoms with E-state index in [0.717, 1.165) is 109 Å². The molecule has 6 aromatic rings. The van der Waals surface area contributed by atoms with Crippen LogP contribution in [0.15, 0.2) is 73.1 Å². The molecule has 10 rings (SSSR count). The van der Waals surface area contributed by atoms with Crippen molar-refractivity contribution in [3.05, 3.63) is 119 Å².